The Labute approximate surface area is 296 Å². The molecule has 1 aliphatic heterocycles. The van der Waals surface area contributed by atoms with Crippen LogP contribution in [0.25, 0.3) is 0 Å². The highest BCUT2D eigenvalue weighted by molar-refractivity contribution is 5.70. The van der Waals surface area contributed by atoms with E-state index in [0.717, 1.165) is 38.5 Å². The molecule has 0 aromatic heterocycles. The van der Waals surface area contributed by atoms with Gasteiger partial charge in [0.2, 0.25) is 0 Å². The molecular weight excluding hydrogens is 632 g/mol. The number of hydrogen-bond donors (Lipinski definition) is 5. The van der Waals surface area contributed by atoms with Crippen LogP contribution in [0.2, 0.25) is 0 Å². The standard InChI is InChI=1S/C38H72O11/c1-3-5-7-9-11-13-15-17-19-21-23-25-33(43)48-36-35(45)32(28-40)47-38(46-29-31(42)30(41)27-39)37(36)49-34(44)26-24-22-20-18-16-14-12-10-8-6-4-2/h30-32,35-42,45H,3-29H2,1-2H3/t30-,31+,32+,35+,36-,37-,38+/m0/s1. The molecule has 7 atom stereocenters. The number of ether oxygens (including phenoxy) is 4. The summed E-state index contributed by atoms with van der Waals surface area (Å²) in [6.07, 6.45) is 15.3. The van der Waals surface area contributed by atoms with Crippen molar-refractivity contribution in [3.05, 3.63) is 0 Å². The van der Waals surface area contributed by atoms with Gasteiger partial charge in [0.15, 0.2) is 18.5 Å². The van der Waals surface area contributed by atoms with Crippen LogP contribution < -0.4 is 0 Å². The monoisotopic (exact) mass is 705 g/mol. The van der Waals surface area contributed by atoms with Crippen molar-refractivity contribution in [3.8, 4) is 0 Å². The lowest BCUT2D eigenvalue weighted by Crippen LogP contribution is -2.62. The summed E-state index contributed by atoms with van der Waals surface area (Å²) in [5.41, 5.74) is 0. The van der Waals surface area contributed by atoms with Gasteiger partial charge in [-0.25, -0.2) is 0 Å². The minimum atomic E-state index is -1.50. The van der Waals surface area contributed by atoms with Gasteiger partial charge in [0, 0.05) is 12.8 Å². The molecule has 11 heteroatoms. The normalized spacial score (nSPS) is 22.1. The maximum absolute atomic E-state index is 13.0. The highest BCUT2D eigenvalue weighted by Gasteiger charge is 2.50. The Bertz CT molecular complexity index is 798. The minimum Gasteiger partial charge on any atom is -0.455 e. The van der Waals surface area contributed by atoms with Crippen LogP contribution >= 0.6 is 0 Å². The predicted molar refractivity (Wildman–Crippen MR) is 189 cm³/mol. The smallest absolute Gasteiger partial charge is 0.306 e. The van der Waals surface area contributed by atoms with E-state index in [9.17, 15) is 30.0 Å². The molecule has 0 spiro atoms. The zero-order valence-corrected chi connectivity index (χ0v) is 30.8. The molecule has 0 amide bonds. The molecule has 1 heterocycles. The van der Waals surface area contributed by atoms with E-state index < -0.39 is 74.7 Å². The summed E-state index contributed by atoms with van der Waals surface area (Å²) in [6, 6.07) is 0. The van der Waals surface area contributed by atoms with E-state index >= 15 is 0 Å². The van der Waals surface area contributed by atoms with Crippen molar-refractivity contribution >= 4 is 11.9 Å². The van der Waals surface area contributed by atoms with E-state index in [4.69, 9.17) is 24.1 Å². The van der Waals surface area contributed by atoms with Crippen molar-refractivity contribution in [1.82, 2.24) is 0 Å². The molecule has 0 aromatic rings. The first-order chi connectivity index (χ1) is 23.8. The molecule has 0 aromatic carbocycles. The van der Waals surface area contributed by atoms with E-state index in [1.165, 1.54) is 89.9 Å². The fourth-order valence-corrected chi connectivity index (χ4v) is 6.15. The van der Waals surface area contributed by atoms with Crippen LogP contribution in [0.5, 0.6) is 0 Å². The first-order valence-electron chi connectivity index (χ1n) is 19.7. The third-order valence-corrected chi connectivity index (χ3v) is 9.36. The summed E-state index contributed by atoms with van der Waals surface area (Å²) in [7, 11) is 0. The van der Waals surface area contributed by atoms with Crippen molar-refractivity contribution in [1.29, 1.82) is 0 Å². The molecule has 0 saturated carbocycles. The van der Waals surface area contributed by atoms with Crippen LogP contribution in [0.3, 0.4) is 0 Å². The highest BCUT2D eigenvalue weighted by Crippen LogP contribution is 2.28. The molecule has 0 unspecified atom stereocenters. The zero-order valence-electron chi connectivity index (χ0n) is 30.8. The number of aliphatic hydroxyl groups excluding tert-OH is 5. The Balaban J connectivity index is 2.66. The van der Waals surface area contributed by atoms with Crippen molar-refractivity contribution in [3.63, 3.8) is 0 Å². The molecule has 1 fully saturated rings. The highest BCUT2D eigenvalue weighted by atomic mass is 16.7. The Morgan fingerprint density at radius 2 is 0.980 bits per heavy atom. The van der Waals surface area contributed by atoms with Gasteiger partial charge in [-0.15, -0.1) is 0 Å². The van der Waals surface area contributed by atoms with Crippen LogP contribution in [-0.4, -0.2) is 100 Å². The lowest BCUT2D eigenvalue weighted by molar-refractivity contribution is -0.311. The lowest BCUT2D eigenvalue weighted by Gasteiger charge is -2.43. The Kier molecular flexibility index (Phi) is 28.2. The first-order valence-corrected chi connectivity index (χ1v) is 19.7. The van der Waals surface area contributed by atoms with Crippen LogP contribution in [0, 0.1) is 0 Å². The van der Waals surface area contributed by atoms with Gasteiger partial charge in [-0.1, -0.05) is 142 Å². The number of unbranched alkanes of at least 4 members (excludes halogenated alkanes) is 20. The van der Waals surface area contributed by atoms with Gasteiger partial charge in [0.1, 0.15) is 24.4 Å². The molecule has 0 aliphatic carbocycles. The average molecular weight is 705 g/mol. The van der Waals surface area contributed by atoms with Crippen LogP contribution in [0.15, 0.2) is 0 Å². The third-order valence-electron chi connectivity index (χ3n) is 9.36. The number of esters is 2. The fraction of sp³-hybridized carbons (Fsp3) is 0.947. The zero-order chi connectivity index (χ0) is 36.1. The summed E-state index contributed by atoms with van der Waals surface area (Å²) in [6.45, 7) is 2.59. The van der Waals surface area contributed by atoms with Crippen molar-refractivity contribution in [2.24, 2.45) is 0 Å². The molecule has 1 rings (SSSR count). The quantitative estimate of drug-likeness (QED) is 0.0410. The summed E-state index contributed by atoms with van der Waals surface area (Å²) < 4.78 is 22.7. The summed E-state index contributed by atoms with van der Waals surface area (Å²) in [5, 5.41) is 49.9. The minimum absolute atomic E-state index is 0.116. The lowest BCUT2D eigenvalue weighted by atomic mass is 9.98. The topological polar surface area (TPSA) is 172 Å². The molecule has 1 aliphatic rings. The second kappa shape index (κ2) is 30.3. The second-order valence-corrected chi connectivity index (χ2v) is 13.8. The van der Waals surface area contributed by atoms with E-state index in [2.05, 4.69) is 13.8 Å². The molecule has 290 valence electrons. The molecule has 11 nitrogen and oxygen atoms in total. The van der Waals surface area contributed by atoms with Gasteiger partial charge in [0.25, 0.3) is 0 Å². The number of rotatable bonds is 32. The SMILES string of the molecule is CCCCCCCCCCCCCC(=O)O[C@@H]1[C@H](OC[C@@H](O)[C@@H](O)CO)O[C@H](CO)[C@@H](O)[C@@H]1OC(=O)CCCCCCCCCCCCC. The van der Waals surface area contributed by atoms with Crippen LogP contribution in [-0.2, 0) is 28.5 Å². The predicted octanol–water partition coefficient (Wildman–Crippen LogP) is 6.02. The molecule has 5 N–H and O–H groups in total. The largest absolute Gasteiger partial charge is 0.455 e. The molecule has 49 heavy (non-hydrogen) atoms. The Hall–Kier alpha value is -1.34. The van der Waals surface area contributed by atoms with E-state index in [-0.39, 0.29) is 12.8 Å². The Morgan fingerprint density at radius 1 is 0.592 bits per heavy atom. The second-order valence-electron chi connectivity index (χ2n) is 13.8. The molecule has 0 bridgehead atoms. The molecular formula is C38H72O11. The Morgan fingerprint density at radius 3 is 1.37 bits per heavy atom. The molecule has 1 saturated heterocycles. The number of aliphatic hydroxyl groups is 5. The summed E-state index contributed by atoms with van der Waals surface area (Å²) >= 11 is 0. The van der Waals surface area contributed by atoms with Gasteiger partial charge in [0.05, 0.1) is 19.8 Å². The van der Waals surface area contributed by atoms with Crippen molar-refractivity contribution in [2.45, 2.75) is 211 Å². The number of carbonyl (C=O) groups is 2. The molecule has 0 radical (unpaired) electrons. The van der Waals surface area contributed by atoms with E-state index in [1.54, 1.807) is 0 Å². The van der Waals surface area contributed by atoms with Crippen LogP contribution in [0.1, 0.15) is 168 Å². The van der Waals surface area contributed by atoms with Crippen molar-refractivity contribution in [2.75, 3.05) is 19.8 Å². The van der Waals surface area contributed by atoms with Gasteiger partial charge >= 0.3 is 11.9 Å². The van der Waals surface area contributed by atoms with Gasteiger partial charge in [-0.05, 0) is 12.8 Å². The summed E-state index contributed by atoms with van der Waals surface area (Å²) in [5.74, 6) is -1.14. The van der Waals surface area contributed by atoms with Crippen LogP contribution in [0.4, 0.5) is 0 Å². The summed E-state index contributed by atoms with van der Waals surface area (Å²) in [4.78, 5) is 25.9. The van der Waals surface area contributed by atoms with Gasteiger partial charge in [-0.2, -0.15) is 0 Å². The van der Waals surface area contributed by atoms with Gasteiger partial charge in [-0.3, -0.25) is 9.59 Å². The average Bonchev–Trinajstić information content (AvgIpc) is 3.10. The van der Waals surface area contributed by atoms with E-state index in [0.29, 0.717) is 12.8 Å². The maximum atomic E-state index is 13.0. The van der Waals surface area contributed by atoms with Gasteiger partial charge < -0.3 is 44.5 Å². The fourth-order valence-electron chi connectivity index (χ4n) is 6.15. The first kappa shape index (κ1) is 45.7. The van der Waals surface area contributed by atoms with E-state index in [1.807, 2.05) is 0 Å². The maximum Gasteiger partial charge on any atom is 0.306 e. The third kappa shape index (κ3) is 21.6. The van der Waals surface area contributed by atoms with Crippen molar-refractivity contribution < 1.29 is 54.1 Å². The number of hydrogen-bond acceptors (Lipinski definition) is 11. The number of carbonyl (C=O) groups excluding carboxylic acids is 2.